The summed E-state index contributed by atoms with van der Waals surface area (Å²) < 4.78 is 1.53. The molecule has 0 saturated heterocycles. The Morgan fingerprint density at radius 2 is 2.18 bits per heavy atom. The molecule has 0 amide bonds. The Balaban J connectivity index is 1.62. The van der Waals surface area contributed by atoms with Crippen LogP contribution in [0.5, 0.6) is 0 Å². The lowest BCUT2D eigenvalue weighted by molar-refractivity contribution is 1.01. The Morgan fingerprint density at radius 1 is 1.23 bits per heavy atom. The number of thioether (sulfide) groups is 1. The maximum Gasteiger partial charge on any atom is 0.258 e. The summed E-state index contributed by atoms with van der Waals surface area (Å²) in [6.45, 7) is 0. The second-order valence-corrected chi connectivity index (χ2v) is 5.70. The van der Waals surface area contributed by atoms with Gasteiger partial charge in [-0.2, -0.15) is 0 Å². The maximum absolute atomic E-state index is 12.0. The van der Waals surface area contributed by atoms with Crippen molar-refractivity contribution in [3.05, 3.63) is 65.0 Å². The molecule has 0 aliphatic carbocycles. The van der Waals surface area contributed by atoms with Crippen LogP contribution in [0.4, 0.5) is 0 Å². The number of nitrogens with zero attached hydrogens (tertiary/aromatic N) is 4. The van der Waals surface area contributed by atoms with Gasteiger partial charge in [0.1, 0.15) is 5.65 Å². The summed E-state index contributed by atoms with van der Waals surface area (Å²) in [5.41, 5.74) is 3.09. The lowest BCUT2D eigenvalue weighted by Gasteiger charge is -2.02. The molecule has 108 valence electrons. The average molecular weight is 309 g/mol. The fourth-order valence-corrected chi connectivity index (χ4v) is 3.00. The number of hydrogen-bond donors (Lipinski definition) is 1. The highest BCUT2D eigenvalue weighted by Crippen LogP contribution is 2.21. The highest BCUT2D eigenvalue weighted by atomic mass is 32.2. The number of hydrogen-bond acceptors (Lipinski definition) is 5. The number of aromatic nitrogens is 5. The highest BCUT2D eigenvalue weighted by Gasteiger charge is 2.06. The third-order valence-corrected chi connectivity index (χ3v) is 4.15. The number of imidazole rings is 1. The molecule has 4 heterocycles. The predicted molar refractivity (Wildman–Crippen MR) is 84.9 cm³/mol. The Kier molecular flexibility index (Phi) is 3.12. The maximum atomic E-state index is 12.0. The third kappa shape index (κ3) is 2.35. The molecular weight excluding hydrogens is 298 g/mol. The molecule has 4 rings (SSSR count). The Labute approximate surface area is 129 Å². The first-order valence-electron chi connectivity index (χ1n) is 6.69. The summed E-state index contributed by atoms with van der Waals surface area (Å²) in [6, 6.07) is 8.92. The number of pyridine rings is 2. The Hall–Kier alpha value is -2.67. The molecule has 0 aromatic carbocycles. The molecule has 0 radical (unpaired) electrons. The molecule has 0 aliphatic heterocycles. The number of H-pyrrole nitrogens is 1. The molecule has 0 saturated carbocycles. The van der Waals surface area contributed by atoms with Crippen molar-refractivity contribution >= 4 is 28.4 Å². The van der Waals surface area contributed by atoms with Gasteiger partial charge in [0.2, 0.25) is 0 Å². The molecule has 0 aliphatic rings. The standard InChI is InChI=1S/C15H11N5OS/c21-14-7-10(17-13-3-1-2-6-20(13)14)9-22-15-18-11-4-5-16-8-12(11)19-15/h1-8H,9H2,(H,18,19). The lowest BCUT2D eigenvalue weighted by atomic mass is 10.4. The van der Waals surface area contributed by atoms with Gasteiger partial charge in [-0.25, -0.2) is 9.97 Å². The van der Waals surface area contributed by atoms with Crippen molar-refractivity contribution in [2.24, 2.45) is 0 Å². The first-order chi connectivity index (χ1) is 10.8. The van der Waals surface area contributed by atoms with Gasteiger partial charge >= 0.3 is 0 Å². The van der Waals surface area contributed by atoms with Gasteiger partial charge in [0, 0.05) is 24.2 Å². The molecule has 22 heavy (non-hydrogen) atoms. The largest absolute Gasteiger partial charge is 0.332 e. The zero-order valence-electron chi connectivity index (χ0n) is 11.4. The highest BCUT2D eigenvalue weighted by molar-refractivity contribution is 7.98. The van der Waals surface area contributed by atoms with Crippen molar-refractivity contribution in [1.29, 1.82) is 0 Å². The fourth-order valence-electron chi connectivity index (χ4n) is 2.22. The van der Waals surface area contributed by atoms with E-state index in [2.05, 4.69) is 19.9 Å². The number of rotatable bonds is 3. The minimum atomic E-state index is -0.0741. The summed E-state index contributed by atoms with van der Waals surface area (Å²) in [4.78, 5) is 28.2. The molecule has 4 aromatic rings. The molecule has 0 fully saturated rings. The molecule has 0 bridgehead atoms. The normalized spacial score (nSPS) is 11.3. The van der Waals surface area contributed by atoms with Crippen molar-refractivity contribution in [1.82, 2.24) is 24.3 Å². The summed E-state index contributed by atoms with van der Waals surface area (Å²) in [5.74, 6) is 0.577. The first kappa shape index (κ1) is 13.0. The molecule has 0 atom stereocenters. The van der Waals surface area contributed by atoms with Crippen LogP contribution in [0.15, 0.2) is 58.9 Å². The number of fused-ring (bicyclic) bond motifs is 2. The molecule has 1 N–H and O–H groups in total. The predicted octanol–water partition coefficient (Wildman–Crippen LogP) is 2.26. The smallest absolute Gasteiger partial charge is 0.258 e. The van der Waals surface area contributed by atoms with Crippen LogP contribution < -0.4 is 5.56 Å². The van der Waals surface area contributed by atoms with Gasteiger partial charge in [-0.3, -0.25) is 14.2 Å². The van der Waals surface area contributed by atoms with Gasteiger partial charge in [0.15, 0.2) is 5.16 Å². The molecule has 6 nitrogen and oxygen atoms in total. The van der Waals surface area contributed by atoms with Crippen LogP contribution in [-0.2, 0) is 5.75 Å². The zero-order chi connectivity index (χ0) is 14.9. The van der Waals surface area contributed by atoms with Crippen LogP contribution in [0.3, 0.4) is 0 Å². The number of nitrogens with one attached hydrogen (secondary N) is 1. The van der Waals surface area contributed by atoms with E-state index in [9.17, 15) is 4.79 Å². The van der Waals surface area contributed by atoms with Gasteiger partial charge < -0.3 is 4.98 Å². The molecular formula is C15H11N5OS. The third-order valence-electron chi connectivity index (χ3n) is 3.24. The van der Waals surface area contributed by atoms with E-state index in [1.165, 1.54) is 16.2 Å². The van der Waals surface area contributed by atoms with E-state index in [-0.39, 0.29) is 5.56 Å². The Bertz CT molecular complexity index is 990. The van der Waals surface area contributed by atoms with Crippen LogP contribution in [-0.4, -0.2) is 24.3 Å². The van der Waals surface area contributed by atoms with Crippen molar-refractivity contribution in [3.8, 4) is 0 Å². The monoisotopic (exact) mass is 309 g/mol. The summed E-state index contributed by atoms with van der Waals surface area (Å²) in [7, 11) is 0. The first-order valence-corrected chi connectivity index (χ1v) is 7.68. The number of aromatic amines is 1. The SMILES string of the molecule is O=c1cc(CSc2nc3ccncc3[nH]2)nc2ccccn12. The second-order valence-electron chi connectivity index (χ2n) is 4.74. The molecule has 4 aromatic heterocycles. The van der Waals surface area contributed by atoms with Crippen molar-refractivity contribution in [3.63, 3.8) is 0 Å². The van der Waals surface area contributed by atoms with Crippen LogP contribution in [0.2, 0.25) is 0 Å². The van der Waals surface area contributed by atoms with E-state index in [0.29, 0.717) is 11.4 Å². The second kappa shape index (κ2) is 5.27. The summed E-state index contributed by atoms with van der Waals surface area (Å²) in [5, 5.41) is 0.790. The van der Waals surface area contributed by atoms with E-state index in [1.807, 2.05) is 24.3 Å². The van der Waals surface area contributed by atoms with Gasteiger partial charge in [-0.1, -0.05) is 17.8 Å². The average Bonchev–Trinajstić information content (AvgIpc) is 2.96. The van der Waals surface area contributed by atoms with Crippen LogP contribution in [0.25, 0.3) is 16.7 Å². The molecule has 0 unspecified atom stereocenters. The zero-order valence-corrected chi connectivity index (χ0v) is 12.2. The molecule has 0 spiro atoms. The van der Waals surface area contributed by atoms with Crippen molar-refractivity contribution in [2.45, 2.75) is 10.9 Å². The van der Waals surface area contributed by atoms with Crippen LogP contribution in [0, 0.1) is 0 Å². The van der Waals surface area contributed by atoms with Crippen LogP contribution >= 0.6 is 11.8 Å². The Morgan fingerprint density at radius 3 is 3.09 bits per heavy atom. The van der Waals surface area contributed by atoms with Crippen molar-refractivity contribution in [2.75, 3.05) is 0 Å². The summed E-state index contributed by atoms with van der Waals surface area (Å²) >= 11 is 1.51. The lowest BCUT2D eigenvalue weighted by Crippen LogP contribution is -2.14. The van der Waals surface area contributed by atoms with E-state index in [4.69, 9.17) is 0 Å². The van der Waals surface area contributed by atoms with E-state index in [0.717, 1.165) is 21.9 Å². The minimum absolute atomic E-state index is 0.0741. The fraction of sp³-hybridized carbons (Fsp3) is 0.0667. The van der Waals surface area contributed by atoms with E-state index >= 15 is 0 Å². The van der Waals surface area contributed by atoms with Gasteiger partial charge in [0.05, 0.1) is 22.9 Å². The van der Waals surface area contributed by atoms with Crippen LogP contribution in [0.1, 0.15) is 5.69 Å². The van der Waals surface area contributed by atoms with Crippen molar-refractivity contribution < 1.29 is 0 Å². The van der Waals surface area contributed by atoms with Gasteiger partial charge in [-0.15, -0.1) is 0 Å². The van der Waals surface area contributed by atoms with E-state index < -0.39 is 0 Å². The van der Waals surface area contributed by atoms with Gasteiger partial charge in [0.25, 0.3) is 5.56 Å². The molecule has 7 heteroatoms. The summed E-state index contributed by atoms with van der Waals surface area (Å²) in [6.07, 6.45) is 5.17. The topological polar surface area (TPSA) is 75.9 Å². The van der Waals surface area contributed by atoms with E-state index in [1.54, 1.807) is 24.7 Å². The quantitative estimate of drug-likeness (QED) is 0.587. The minimum Gasteiger partial charge on any atom is -0.332 e. The van der Waals surface area contributed by atoms with Gasteiger partial charge in [-0.05, 0) is 18.2 Å².